The van der Waals surface area contributed by atoms with Gasteiger partial charge in [0.05, 0.1) is 17.3 Å². The molecule has 1 aliphatic rings. The van der Waals surface area contributed by atoms with Crippen LogP contribution in [0.4, 0.5) is 5.69 Å². The Kier molecular flexibility index (Phi) is 4.58. The minimum Gasteiger partial charge on any atom is -0.398 e. The van der Waals surface area contributed by atoms with Crippen LogP contribution in [-0.2, 0) is 10.0 Å². The van der Waals surface area contributed by atoms with Crippen LogP contribution in [0.3, 0.4) is 0 Å². The lowest BCUT2D eigenvalue weighted by molar-refractivity contribution is 0.553. The predicted molar refractivity (Wildman–Crippen MR) is 80.8 cm³/mol. The Balaban J connectivity index is 2.17. The zero-order chi connectivity index (χ0) is 14.8. The number of nitriles is 1. The molecule has 20 heavy (non-hydrogen) atoms. The van der Waals surface area contributed by atoms with E-state index in [2.05, 4.69) is 4.72 Å². The standard InChI is InChI=1S/C13H17N3O2S2/c1-19-11-4-3-10(7-11)16-20(17,18)13-5-2-9(8-14)6-12(13)15/h2,5-6,10-11,16H,3-4,7,15H2,1H3. The van der Waals surface area contributed by atoms with E-state index in [4.69, 9.17) is 11.0 Å². The minimum absolute atomic E-state index is 0.0347. The first-order valence-corrected chi connectivity index (χ1v) is 9.08. The minimum atomic E-state index is -3.62. The molecule has 0 aromatic heterocycles. The van der Waals surface area contributed by atoms with Gasteiger partial charge in [0.15, 0.2) is 0 Å². The molecule has 1 fully saturated rings. The lowest BCUT2D eigenvalue weighted by Crippen LogP contribution is -2.33. The van der Waals surface area contributed by atoms with Crippen LogP contribution in [0.15, 0.2) is 23.1 Å². The van der Waals surface area contributed by atoms with Crippen molar-refractivity contribution in [1.82, 2.24) is 4.72 Å². The van der Waals surface area contributed by atoms with Crippen LogP contribution in [-0.4, -0.2) is 26.0 Å². The fourth-order valence-corrected chi connectivity index (χ4v) is 4.60. The van der Waals surface area contributed by atoms with Crippen molar-refractivity contribution >= 4 is 27.5 Å². The van der Waals surface area contributed by atoms with E-state index in [1.165, 1.54) is 18.2 Å². The third-order valence-electron chi connectivity index (χ3n) is 3.47. The molecule has 2 rings (SSSR count). The van der Waals surface area contributed by atoms with Gasteiger partial charge in [-0.05, 0) is 43.7 Å². The number of rotatable bonds is 4. The summed E-state index contributed by atoms with van der Waals surface area (Å²) in [7, 11) is -3.62. The van der Waals surface area contributed by atoms with Crippen LogP contribution in [0.25, 0.3) is 0 Å². The summed E-state index contributed by atoms with van der Waals surface area (Å²) in [5.41, 5.74) is 6.20. The van der Waals surface area contributed by atoms with Crippen molar-refractivity contribution in [3.05, 3.63) is 23.8 Å². The number of nitrogens with zero attached hydrogens (tertiary/aromatic N) is 1. The SMILES string of the molecule is CSC1CCC(NS(=O)(=O)c2ccc(C#N)cc2N)C1. The molecule has 1 saturated carbocycles. The van der Waals surface area contributed by atoms with Crippen molar-refractivity contribution in [3.8, 4) is 6.07 Å². The van der Waals surface area contributed by atoms with Gasteiger partial charge in [-0.2, -0.15) is 17.0 Å². The molecule has 108 valence electrons. The highest BCUT2D eigenvalue weighted by Crippen LogP contribution is 2.29. The fourth-order valence-electron chi connectivity index (χ4n) is 2.41. The van der Waals surface area contributed by atoms with Crippen molar-refractivity contribution < 1.29 is 8.42 Å². The van der Waals surface area contributed by atoms with Gasteiger partial charge in [0.1, 0.15) is 4.90 Å². The fraction of sp³-hybridized carbons (Fsp3) is 0.462. The Bertz CT molecular complexity index is 638. The third-order valence-corrected chi connectivity index (χ3v) is 6.16. The molecule has 0 spiro atoms. The van der Waals surface area contributed by atoms with E-state index in [9.17, 15) is 8.42 Å². The van der Waals surface area contributed by atoms with E-state index in [-0.39, 0.29) is 16.6 Å². The second-order valence-corrected chi connectivity index (χ2v) is 7.67. The number of anilines is 1. The zero-order valence-corrected chi connectivity index (χ0v) is 12.8. The molecular formula is C13H17N3O2S2. The van der Waals surface area contributed by atoms with Crippen molar-refractivity contribution in [2.45, 2.75) is 35.4 Å². The Morgan fingerprint density at radius 2 is 2.20 bits per heavy atom. The average Bonchev–Trinajstić information content (AvgIpc) is 2.85. The van der Waals surface area contributed by atoms with Gasteiger partial charge in [0, 0.05) is 11.3 Å². The lowest BCUT2D eigenvalue weighted by atomic mass is 10.2. The lowest BCUT2D eigenvalue weighted by Gasteiger charge is -2.14. The number of sulfonamides is 1. The Hall–Kier alpha value is -1.23. The number of thioether (sulfide) groups is 1. The maximum Gasteiger partial charge on any atom is 0.242 e. The van der Waals surface area contributed by atoms with Crippen molar-refractivity contribution in [2.24, 2.45) is 0 Å². The highest BCUT2D eigenvalue weighted by atomic mass is 32.2. The number of benzene rings is 1. The van der Waals surface area contributed by atoms with Crippen LogP contribution in [0.1, 0.15) is 24.8 Å². The first-order chi connectivity index (χ1) is 9.46. The molecule has 7 heteroatoms. The highest BCUT2D eigenvalue weighted by molar-refractivity contribution is 7.99. The molecule has 2 unspecified atom stereocenters. The van der Waals surface area contributed by atoms with Crippen LogP contribution in [0.2, 0.25) is 0 Å². The summed E-state index contributed by atoms with van der Waals surface area (Å²) in [4.78, 5) is 0.0455. The van der Waals surface area contributed by atoms with Crippen LogP contribution < -0.4 is 10.5 Å². The second-order valence-electron chi connectivity index (χ2n) is 4.85. The molecule has 0 bridgehead atoms. The van der Waals surface area contributed by atoms with Gasteiger partial charge in [0.25, 0.3) is 0 Å². The third kappa shape index (κ3) is 3.26. The van der Waals surface area contributed by atoms with Crippen LogP contribution in [0.5, 0.6) is 0 Å². The van der Waals surface area contributed by atoms with E-state index in [0.717, 1.165) is 19.3 Å². The molecule has 1 aromatic carbocycles. The summed E-state index contributed by atoms with van der Waals surface area (Å²) in [6, 6.07) is 6.13. The van der Waals surface area contributed by atoms with Gasteiger partial charge < -0.3 is 5.73 Å². The summed E-state index contributed by atoms with van der Waals surface area (Å²) in [5, 5.41) is 9.28. The van der Waals surface area contributed by atoms with E-state index < -0.39 is 10.0 Å². The molecule has 5 nitrogen and oxygen atoms in total. The second kappa shape index (κ2) is 6.04. The van der Waals surface area contributed by atoms with Crippen molar-refractivity contribution in [2.75, 3.05) is 12.0 Å². The highest BCUT2D eigenvalue weighted by Gasteiger charge is 2.29. The molecule has 3 N–H and O–H groups in total. The number of nitrogens with two attached hydrogens (primary N) is 1. The summed E-state index contributed by atoms with van der Waals surface area (Å²) in [6.45, 7) is 0. The average molecular weight is 311 g/mol. The van der Waals surface area contributed by atoms with Gasteiger partial charge in [0.2, 0.25) is 10.0 Å². The van der Waals surface area contributed by atoms with Crippen molar-refractivity contribution in [3.63, 3.8) is 0 Å². The number of hydrogen-bond acceptors (Lipinski definition) is 5. The molecule has 0 radical (unpaired) electrons. The first-order valence-electron chi connectivity index (χ1n) is 6.31. The normalized spacial score (nSPS) is 22.6. The van der Waals surface area contributed by atoms with E-state index >= 15 is 0 Å². The van der Waals surface area contributed by atoms with Gasteiger partial charge in [-0.3, -0.25) is 0 Å². The maximum atomic E-state index is 12.3. The zero-order valence-electron chi connectivity index (χ0n) is 11.2. The summed E-state index contributed by atoms with van der Waals surface area (Å²) in [5.74, 6) is 0. The number of hydrogen-bond donors (Lipinski definition) is 2. The van der Waals surface area contributed by atoms with Gasteiger partial charge in [-0.1, -0.05) is 0 Å². The molecule has 0 saturated heterocycles. The van der Waals surface area contributed by atoms with Gasteiger partial charge in [-0.15, -0.1) is 0 Å². The molecule has 0 aliphatic heterocycles. The van der Waals surface area contributed by atoms with E-state index in [1.807, 2.05) is 12.3 Å². The molecule has 2 atom stereocenters. The van der Waals surface area contributed by atoms with Gasteiger partial charge in [-0.25, -0.2) is 13.1 Å². The maximum absolute atomic E-state index is 12.3. The number of nitrogen functional groups attached to an aromatic ring is 1. The Labute approximate surface area is 123 Å². The summed E-state index contributed by atoms with van der Waals surface area (Å²) < 4.78 is 27.4. The molecule has 0 heterocycles. The Morgan fingerprint density at radius 3 is 2.75 bits per heavy atom. The summed E-state index contributed by atoms with van der Waals surface area (Å²) in [6.07, 6.45) is 4.76. The monoisotopic (exact) mass is 311 g/mol. The van der Waals surface area contributed by atoms with Gasteiger partial charge >= 0.3 is 0 Å². The molecular weight excluding hydrogens is 294 g/mol. The summed E-state index contributed by atoms with van der Waals surface area (Å²) >= 11 is 1.77. The molecule has 1 aliphatic carbocycles. The van der Waals surface area contributed by atoms with E-state index in [0.29, 0.717) is 10.8 Å². The topological polar surface area (TPSA) is 96.0 Å². The van der Waals surface area contributed by atoms with Crippen molar-refractivity contribution in [1.29, 1.82) is 5.26 Å². The smallest absolute Gasteiger partial charge is 0.242 e. The van der Waals surface area contributed by atoms with Crippen LogP contribution in [0, 0.1) is 11.3 Å². The van der Waals surface area contributed by atoms with Crippen LogP contribution >= 0.6 is 11.8 Å². The Morgan fingerprint density at radius 1 is 1.45 bits per heavy atom. The quantitative estimate of drug-likeness (QED) is 0.825. The molecule has 0 amide bonds. The number of nitrogens with one attached hydrogen (secondary N) is 1. The first kappa shape index (κ1) is 15.2. The molecule has 1 aromatic rings. The largest absolute Gasteiger partial charge is 0.398 e. The van der Waals surface area contributed by atoms with E-state index in [1.54, 1.807) is 11.8 Å². The predicted octanol–water partition coefficient (Wildman–Crippen LogP) is 1.70.